The first kappa shape index (κ1) is 20.7. The second kappa shape index (κ2) is 8.15. The smallest absolute Gasteiger partial charge is 0.352 e. The number of carbonyl (C=O) groups is 1. The van der Waals surface area contributed by atoms with Gasteiger partial charge < -0.3 is 11.1 Å². The molecule has 0 heterocycles. The predicted molar refractivity (Wildman–Crippen MR) is 82.9 cm³/mol. The van der Waals surface area contributed by atoms with Crippen molar-refractivity contribution in [3.05, 3.63) is 28.8 Å². The predicted octanol–water partition coefficient (Wildman–Crippen LogP) is 1.49. The molecule has 0 saturated carbocycles. The van der Waals surface area contributed by atoms with Crippen molar-refractivity contribution >= 4 is 27.5 Å². The fraction of sp³-hybridized carbons (Fsp3) is 0.462. The largest absolute Gasteiger partial charge is 0.417 e. The summed E-state index contributed by atoms with van der Waals surface area (Å²) < 4.78 is 64.4. The summed E-state index contributed by atoms with van der Waals surface area (Å²) in [6.45, 7) is 1.63. The highest BCUT2D eigenvalue weighted by Gasteiger charge is 2.34. The molecule has 24 heavy (non-hydrogen) atoms. The number of nitrogens with two attached hydrogens (primary N) is 1. The standard InChI is InChI=1S/C13H17ClF3N3O3S/c1-8(7-18)20-12(21)4-5-19-24(22,23)9-2-3-11(14)10(6-9)13(15,16)17/h2-3,6,8,19H,4-5,7,18H2,1H3,(H,20,21)/t8-/m0/s1. The Kier molecular flexibility index (Phi) is 7.02. The molecule has 0 bridgehead atoms. The third-order valence-corrected chi connectivity index (χ3v) is 4.75. The fourth-order valence-electron chi connectivity index (χ4n) is 1.68. The van der Waals surface area contributed by atoms with Gasteiger partial charge in [-0.2, -0.15) is 13.2 Å². The van der Waals surface area contributed by atoms with E-state index in [1.807, 2.05) is 0 Å². The maximum absolute atomic E-state index is 12.8. The summed E-state index contributed by atoms with van der Waals surface area (Å²) in [5.74, 6) is -0.428. The van der Waals surface area contributed by atoms with Gasteiger partial charge in [0.15, 0.2) is 0 Å². The number of sulfonamides is 1. The summed E-state index contributed by atoms with van der Waals surface area (Å²) in [6, 6.07) is 1.99. The molecule has 6 nitrogen and oxygen atoms in total. The molecular formula is C13H17ClF3N3O3S. The Labute approximate surface area is 142 Å². The SMILES string of the molecule is C[C@@H](CN)NC(=O)CCNS(=O)(=O)c1ccc(Cl)c(C(F)(F)F)c1. The van der Waals surface area contributed by atoms with Gasteiger partial charge >= 0.3 is 6.18 Å². The van der Waals surface area contributed by atoms with Crippen molar-refractivity contribution in [1.29, 1.82) is 0 Å². The zero-order valence-electron chi connectivity index (χ0n) is 12.7. The van der Waals surface area contributed by atoms with Gasteiger partial charge in [0.1, 0.15) is 0 Å². The second-order valence-electron chi connectivity index (χ2n) is 4.99. The number of benzene rings is 1. The van der Waals surface area contributed by atoms with Gasteiger partial charge in [-0.3, -0.25) is 4.79 Å². The van der Waals surface area contributed by atoms with Crippen molar-refractivity contribution in [2.45, 2.75) is 30.5 Å². The number of rotatable bonds is 7. The van der Waals surface area contributed by atoms with Crippen LogP contribution in [0.25, 0.3) is 0 Å². The molecule has 1 rings (SSSR count). The summed E-state index contributed by atoms with van der Waals surface area (Å²) in [7, 11) is -4.20. The lowest BCUT2D eigenvalue weighted by molar-refractivity contribution is -0.137. The highest BCUT2D eigenvalue weighted by molar-refractivity contribution is 7.89. The quantitative estimate of drug-likeness (QED) is 0.659. The summed E-state index contributed by atoms with van der Waals surface area (Å²) in [4.78, 5) is 10.9. The van der Waals surface area contributed by atoms with Crippen LogP contribution in [0.15, 0.2) is 23.1 Å². The average molecular weight is 388 g/mol. The first-order valence-corrected chi connectivity index (χ1v) is 8.69. The molecular weight excluding hydrogens is 371 g/mol. The van der Waals surface area contributed by atoms with E-state index in [-0.39, 0.29) is 25.6 Å². The monoisotopic (exact) mass is 387 g/mol. The van der Waals surface area contributed by atoms with Crippen LogP contribution in [0.5, 0.6) is 0 Å². The van der Waals surface area contributed by atoms with E-state index in [9.17, 15) is 26.4 Å². The number of hydrogen-bond donors (Lipinski definition) is 3. The van der Waals surface area contributed by atoms with Gasteiger partial charge in [-0.15, -0.1) is 0 Å². The van der Waals surface area contributed by atoms with Gasteiger partial charge in [0, 0.05) is 25.6 Å². The minimum Gasteiger partial charge on any atom is -0.352 e. The number of nitrogens with one attached hydrogen (secondary N) is 2. The van der Waals surface area contributed by atoms with Crippen molar-refractivity contribution in [2.75, 3.05) is 13.1 Å². The molecule has 0 aliphatic carbocycles. The van der Waals surface area contributed by atoms with E-state index in [1.165, 1.54) is 0 Å². The molecule has 0 aliphatic rings. The molecule has 0 spiro atoms. The zero-order chi connectivity index (χ0) is 18.5. The average Bonchev–Trinajstić information content (AvgIpc) is 2.45. The van der Waals surface area contributed by atoms with Crippen molar-refractivity contribution in [3.63, 3.8) is 0 Å². The van der Waals surface area contributed by atoms with Gasteiger partial charge in [0.25, 0.3) is 0 Å². The van der Waals surface area contributed by atoms with Crippen molar-refractivity contribution in [2.24, 2.45) is 5.73 Å². The molecule has 136 valence electrons. The van der Waals surface area contributed by atoms with E-state index in [4.69, 9.17) is 17.3 Å². The summed E-state index contributed by atoms with van der Waals surface area (Å²) in [5, 5.41) is 1.93. The van der Waals surface area contributed by atoms with Crippen LogP contribution >= 0.6 is 11.6 Å². The summed E-state index contributed by atoms with van der Waals surface area (Å²) >= 11 is 5.44. The molecule has 1 atom stereocenters. The van der Waals surface area contributed by atoms with Crippen LogP contribution in [0, 0.1) is 0 Å². The van der Waals surface area contributed by atoms with E-state index < -0.39 is 37.6 Å². The zero-order valence-corrected chi connectivity index (χ0v) is 14.2. The molecule has 4 N–H and O–H groups in total. The van der Waals surface area contributed by atoms with E-state index in [2.05, 4.69) is 10.0 Å². The van der Waals surface area contributed by atoms with Gasteiger partial charge in [-0.05, 0) is 25.1 Å². The highest BCUT2D eigenvalue weighted by Crippen LogP contribution is 2.35. The van der Waals surface area contributed by atoms with E-state index in [0.29, 0.717) is 6.07 Å². The third-order valence-electron chi connectivity index (χ3n) is 2.96. The number of carbonyl (C=O) groups excluding carboxylic acids is 1. The van der Waals surface area contributed by atoms with Crippen LogP contribution in [-0.4, -0.2) is 33.5 Å². The molecule has 1 aromatic carbocycles. The van der Waals surface area contributed by atoms with Crippen LogP contribution < -0.4 is 15.8 Å². The molecule has 0 saturated heterocycles. The van der Waals surface area contributed by atoms with Crippen molar-refractivity contribution in [3.8, 4) is 0 Å². The minimum absolute atomic E-state index is 0.177. The van der Waals surface area contributed by atoms with Gasteiger partial charge in [-0.1, -0.05) is 11.6 Å². The number of hydrogen-bond acceptors (Lipinski definition) is 4. The van der Waals surface area contributed by atoms with Gasteiger partial charge in [-0.25, -0.2) is 13.1 Å². The maximum Gasteiger partial charge on any atom is 0.417 e. The minimum atomic E-state index is -4.78. The van der Waals surface area contributed by atoms with Crippen molar-refractivity contribution < 1.29 is 26.4 Å². The van der Waals surface area contributed by atoms with E-state index in [1.54, 1.807) is 6.92 Å². The summed E-state index contributed by atoms with van der Waals surface area (Å²) in [5.41, 5.74) is 4.08. The molecule has 0 aromatic heterocycles. The number of amides is 1. The van der Waals surface area contributed by atoms with Crippen LogP contribution in [-0.2, 0) is 21.0 Å². The van der Waals surface area contributed by atoms with Gasteiger partial charge in [0.2, 0.25) is 15.9 Å². The van der Waals surface area contributed by atoms with Crippen molar-refractivity contribution in [1.82, 2.24) is 10.0 Å². The maximum atomic E-state index is 12.8. The Balaban J connectivity index is 2.78. The Morgan fingerprint density at radius 2 is 2.00 bits per heavy atom. The Bertz CT molecular complexity index is 695. The number of alkyl halides is 3. The molecule has 11 heteroatoms. The van der Waals surface area contributed by atoms with Crippen LogP contribution in [0.3, 0.4) is 0 Å². The lowest BCUT2D eigenvalue weighted by atomic mass is 10.2. The summed E-state index contributed by atoms with van der Waals surface area (Å²) in [6.07, 6.45) is -4.95. The molecule has 0 unspecified atom stereocenters. The first-order chi connectivity index (χ1) is 11.0. The lowest BCUT2D eigenvalue weighted by Crippen LogP contribution is -2.39. The fourth-order valence-corrected chi connectivity index (χ4v) is 2.96. The molecule has 1 aromatic rings. The molecule has 1 amide bonds. The second-order valence-corrected chi connectivity index (χ2v) is 7.17. The third kappa shape index (κ3) is 5.93. The van der Waals surface area contributed by atoms with Crippen LogP contribution in [0.2, 0.25) is 5.02 Å². The number of halogens is 4. The Hall–Kier alpha value is -1.36. The Morgan fingerprint density at radius 3 is 2.54 bits per heavy atom. The van der Waals surface area contributed by atoms with E-state index >= 15 is 0 Å². The van der Waals surface area contributed by atoms with Gasteiger partial charge in [0.05, 0.1) is 15.5 Å². The van der Waals surface area contributed by atoms with Crippen LogP contribution in [0.1, 0.15) is 18.9 Å². The normalized spacial score (nSPS) is 13.6. The molecule has 0 aliphatic heterocycles. The molecule has 0 radical (unpaired) electrons. The lowest BCUT2D eigenvalue weighted by Gasteiger charge is -2.13. The first-order valence-electron chi connectivity index (χ1n) is 6.83. The molecule has 0 fully saturated rings. The topological polar surface area (TPSA) is 101 Å². The Morgan fingerprint density at radius 1 is 1.38 bits per heavy atom. The van der Waals surface area contributed by atoms with Crippen LogP contribution in [0.4, 0.5) is 13.2 Å². The van der Waals surface area contributed by atoms with E-state index in [0.717, 1.165) is 12.1 Å². The highest BCUT2D eigenvalue weighted by atomic mass is 35.5.